The smallest absolute Gasteiger partial charge is 0.168 e. The summed E-state index contributed by atoms with van der Waals surface area (Å²) in [4.78, 5) is 1.52. The molecule has 3 heteroatoms. The Labute approximate surface area is 101 Å². The average molecular weight is 238 g/mol. The molecule has 0 atom stereocenters. The summed E-state index contributed by atoms with van der Waals surface area (Å²) in [7, 11) is 0. The first-order valence-electron chi connectivity index (χ1n) is 6.17. The summed E-state index contributed by atoms with van der Waals surface area (Å²) in [5.41, 5.74) is 0. The van der Waals surface area contributed by atoms with E-state index in [2.05, 4.69) is 17.5 Å². The van der Waals surface area contributed by atoms with Crippen LogP contribution in [0, 0.1) is 5.92 Å². The van der Waals surface area contributed by atoms with Crippen LogP contribution in [0.1, 0.15) is 30.6 Å². The fourth-order valence-electron chi connectivity index (χ4n) is 2.82. The van der Waals surface area contributed by atoms with Gasteiger partial charge >= 0.3 is 0 Å². The molecule has 1 saturated heterocycles. The van der Waals surface area contributed by atoms with E-state index < -0.39 is 0 Å². The number of rotatable bonds is 2. The molecular weight excluding hydrogens is 220 g/mol. The minimum Gasteiger partial charge on any atom is -0.348 e. The summed E-state index contributed by atoms with van der Waals surface area (Å²) >= 11 is 1.88. The second kappa shape index (κ2) is 4.47. The summed E-state index contributed by atoms with van der Waals surface area (Å²) in [6.45, 7) is 1.57. The SMILES string of the molecule is c1csc(CC2CCC3(CC2)OCCO3)c1. The Balaban J connectivity index is 1.54. The maximum Gasteiger partial charge on any atom is 0.168 e. The maximum atomic E-state index is 5.75. The molecule has 1 spiro atoms. The van der Waals surface area contributed by atoms with Crippen molar-refractivity contribution < 1.29 is 9.47 Å². The van der Waals surface area contributed by atoms with Crippen molar-refractivity contribution in [1.82, 2.24) is 0 Å². The Kier molecular flexibility index (Phi) is 3.01. The van der Waals surface area contributed by atoms with E-state index in [4.69, 9.17) is 9.47 Å². The van der Waals surface area contributed by atoms with Crippen molar-refractivity contribution in [1.29, 1.82) is 0 Å². The third-order valence-electron chi connectivity index (χ3n) is 3.75. The monoisotopic (exact) mass is 238 g/mol. The number of thiophene rings is 1. The average Bonchev–Trinajstić information content (AvgIpc) is 2.94. The molecule has 1 aromatic rings. The first kappa shape index (κ1) is 10.8. The van der Waals surface area contributed by atoms with Gasteiger partial charge in [0.15, 0.2) is 5.79 Å². The molecule has 16 heavy (non-hydrogen) atoms. The van der Waals surface area contributed by atoms with Crippen molar-refractivity contribution in [3.05, 3.63) is 22.4 Å². The van der Waals surface area contributed by atoms with E-state index in [1.807, 2.05) is 11.3 Å². The molecule has 2 nitrogen and oxygen atoms in total. The highest BCUT2D eigenvalue weighted by molar-refractivity contribution is 7.09. The standard InChI is InChI=1S/C13H18O2S/c1-2-12(16-9-1)10-11-3-5-13(6-4-11)14-7-8-15-13/h1-2,9,11H,3-8,10H2. The van der Waals surface area contributed by atoms with E-state index in [0.29, 0.717) is 0 Å². The third-order valence-corrected chi connectivity index (χ3v) is 4.65. The van der Waals surface area contributed by atoms with E-state index >= 15 is 0 Å². The maximum absolute atomic E-state index is 5.75. The van der Waals surface area contributed by atoms with Crippen LogP contribution in [0.15, 0.2) is 17.5 Å². The lowest BCUT2D eigenvalue weighted by Crippen LogP contribution is -2.35. The second-order valence-electron chi connectivity index (χ2n) is 4.83. The van der Waals surface area contributed by atoms with Crippen LogP contribution in [-0.4, -0.2) is 19.0 Å². The third kappa shape index (κ3) is 2.17. The minimum atomic E-state index is -0.189. The molecule has 0 aromatic carbocycles. The van der Waals surface area contributed by atoms with Gasteiger partial charge in [-0.2, -0.15) is 0 Å². The Morgan fingerprint density at radius 3 is 2.62 bits per heavy atom. The molecule has 0 unspecified atom stereocenters. The lowest BCUT2D eigenvalue weighted by atomic mass is 9.83. The highest BCUT2D eigenvalue weighted by atomic mass is 32.1. The summed E-state index contributed by atoms with van der Waals surface area (Å²) in [6.07, 6.45) is 5.91. The van der Waals surface area contributed by atoms with Gasteiger partial charge in [0.05, 0.1) is 13.2 Å². The topological polar surface area (TPSA) is 18.5 Å². The second-order valence-corrected chi connectivity index (χ2v) is 5.87. The van der Waals surface area contributed by atoms with Crippen molar-refractivity contribution in [2.75, 3.05) is 13.2 Å². The normalized spacial score (nSPS) is 25.2. The molecule has 0 amide bonds. The van der Waals surface area contributed by atoms with Crippen LogP contribution in [0.3, 0.4) is 0 Å². The van der Waals surface area contributed by atoms with E-state index in [9.17, 15) is 0 Å². The molecule has 88 valence electrons. The van der Waals surface area contributed by atoms with Crippen LogP contribution in [0.5, 0.6) is 0 Å². The molecule has 2 heterocycles. The Morgan fingerprint density at radius 2 is 2.00 bits per heavy atom. The first-order chi connectivity index (χ1) is 7.86. The summed E-state index contributed by atoms with van der Waals surface area (Å²) in [5.74, 6) is 0.642. The predicted molar refractivity (Wildman–Crippen MR) is 64.6 cm³/mol. The largest absolute Gasteiger partial charge is 0.348 e. The zero-order chi connectivity index (χ0) is 10.8. The van der Waals surface area contributed by atoms with Gasteiger partial charge in [-0.1, -0.05) is 6.07 Å². The van der Waals surface area contributed by atoms with Gasteiger partial charge in [0.1, 0.15) is 0 Å². The zero-order valence-corrected chi connectivity index (χ0v) is 10.3. The van der Waals surface area contributed by atoms with Crippen molar-refractivity contribution in [2.45, 2.75) is 37.9 Å². The van der Waals surface area contributed by atoms with Crippen molar-refractivity contribution >= 4 is 11.3 Å². The van der Waals surface area contributed by atoms with Gasteiger partial charge in [0, 0.05) is 17.7 Å². The molecule has 2 fully saturated rings. The van der Waals surface area contributed by atoms with Gasteiger partial charge in [-0.25, -0.2) is 0 Å². The molecule has 0 radical (unpaired) electrons. The van der Waals surface area contributed by atoms with Gasteiger partial charge in [0.25, 0.3) is 0 Å². The quantitative estimate of drug-likeness (QED) is 0.787. The molecule has 1 aliphatic carbocycles. The molecule has 1 aliphatic heterocycles. The van der Waals surface area contributed by atoms with Crippen LogP contribution >= 0.6 is 11.3 Å². The van der Waals surface area contributed by atoms with Crippen LogP contribution in [0.4, 0.5) is 0 Å². The van der Waals surface area contributed by atoms with E-state index in [1.54, 1.807) is 0 Å². The highest BCUT2D eigenvalue weighted by Crippen LogP contribution is 2.39. The zero-order valence-electron chi connectivity index (χ0n) is 9.48. The van der Waals surface area contributed by atoms with Gasteiger partial charge < -0.3 is 9.47 Å². The summed E-state index contributed by atoms with van der Waals surface area (Å²) in [5, 5.41) is 2.17. The Hall–Kier alpha value is -0.380. The lowest BCUT2D eigenvalue weighted by molar-refractivity contribution is -0.182. The Morgan fingerprint density at radius 1 is 1.25 bits per heavy atom. The number of hydrogen-bond acceptors (Lipinski definition) is 3. The molecule has 0 N–H and O–H groups in total. The van der Waals surface area contributed by atoms with Crippen molar-refractivity contribution in [2.24, 2.45) is 5.92 Å². The summed E-state index contributed by atoms with van der Waals surface area (Å²) < 4.78 is 11.5. The molecule has 1 saturated carbocycles. The van der Waals surface area contributed by atoms with Gasteiger partial charge in [-0.15, -0.1) is 11.3 Å². The molecule has 0 bridgehead atoms. The summed E-state index contributed by atoms with van der Waals surface area (Å²) in [6, 6.07) is 4.39. The van der Waals surface area contributed by atoms with Crippen LogP contribution in [-0.2, 0) is 15.9 Å². The van der Waals surface area contributed by atoms with E-state index in [0.717, 1.165) is 32.0 Å². The van der Waals surface area contributed by atoms with Gasteiger partial charge in [-0.3, -0.25) is 0 Å². The van der Waals surface area contributed by atoms with E-state index in [1.165, 1.54) is 24.1 Å². The van der Waals surface area contributed by atoms with Gasteiger partial charge in [0.2, 0.25) is 0 Å². The van der Waals surface area contributed by atoms with Crippen LogP contribution in [0.25, 0.3) is 0 Å². The fraction of sp³-hybridized carbons (Fsp3) is 0.692. The molecular formula is C13H18O2S. The lowest BCUT2D eigenvalue weighted by Gasteiger charge is -2.35. The minimum absolute atomic E-state index is 0.189. The van der Waals surface area contributed by atoms with Crippen LogP contribution < -0.4 is 0 Å². The predicted octanol–water partition coefficient (Wildman–Crippen LogP) is 3.22. The number of hydrogen-bond donors (Lipinski definition) is 0. The fourth-order valence-corrected chi connectivity index (χ4v) is 3.64. The van der Waals surface area contributed by atoms with E-state index in [-0.39, 0.29) is 5.79 Å². The van der Waals surface area contributed by atoms with Crippen molar-refractivity contribution in [3.63, 3.8) is 0 Å². The first-order valence-corrected chi connectivity index (χ1v) is 7.05. The molecule has 2 aliphatic rings. The van der Waals surface area contributed by atoms with Crippen molar-refractivity contribution in [3.8, 4) is 0 Å². The molecule has 3 rings (SSSR count). The van der Waals surface area contributed by atoms with Gasteiger partial charge in [-0.05, 0) is 36.6 Å². The molecule has 1 aromatic heterocycles. The number of ether oxygens (including phenoxy) is 2. The highest BCUT2D eigenvalue weighted by Gasteiger charge is 2.40. The van der Waals surface area contributed by atoms with Crippen LogP contribution in [0.2, 0.25) is 0 Å². The Bertz CT molecular complexity index is 318.